The van der Waals surface area contributed by atoms with Gasteiger partial charge in [0.2, 0.25) is 11.7 Å². The van der Waals surface area contributed by atoms with Crippen molar-refractivity contribution in [2.75, 3.05) is 21.2 Å². The first-order chi connectivity index (χ1) is 20.9. The molecule has 4 aliphatic rings. The van der Waals surface area contributed by atoms with E-state index in [2.05, 4.69) is 12.1 Å². The maximum absolute atomic E-state index is 14.1. The van der Waals surface area contributed by atoms with Gasteiger partial charge in [-0.15, -0.1) is 0 Å². The van der Waals surface area contributed by atoms with Crippen LogP contribution < -0.4 is 10.5 Å². The molecule has 0 bridgehead atoms. The molecule has 2 unspecified atom stereocenters. The van der Waals surface area contributed by atoms with Gasteiger partial charge in [-0.3, -0.25) is 14.4 Å². The van der Waals surface area contributed by atoms with Crippen molar-refractivity contribution >= 4 is 23.2 Å². The summed E-state index contributed by atoms with van der Waals surface area (Å²) in [6.07, 6.45) is 4.57. The van der Waals surface area contributed by atoms with E-state index < -0.39 is 58.7 Å². The van der Waals surface area contributed by atoms with E-state index in [1.54, 1.807) is 32.2 Å². The second kappa shape index (κ2) is 11.0. The lowest BCUT2D eigenvalue weighted by atomic mass is 9.54. The van der Waals surface area contributed by atoms with Gasteiger partial charge >= 0.3 is 0 Å². The Morgan fingerprint density at radius 2 is 1.80 bits per heavy atom. The number of amides is 1. The topological polar surface area (TPSA) is 171 Å². The number of ketones is 2. The average molecular weight is 605 g/mol. The van der Waals surface area contributed by atoms with Crippen molar-refractivity contribution in [3.63, 3.8) is 0 Å². The largest absolute Gasteiger partial charge is 0.507 e. The fourth-order valence-electron chi connectivity index (χ4n) is 8.50. The molecule has 1 amide bonds. The number of benzene rings is 2. The number of carbonyl (C=O) groups is 3. The van der Waals surface area contributed by atoms with Gasteiger partial charge in [0.05, 0.1) is 18.8 Å². The third-order valence-corrected chi connectivity index (χ3v) is 10.5. The maximum Gasteiger partial charge on any atom is 0.230 e. The molecular formula is C34H40N2O8. The molecule has 6 N–H and O–H groups in total. The normalized spacial score (nSPS) is 30.3. The van der Waals surface area contributed by atoms with E-state index in [9.17, 15) is 34.8 Å². The molecule has 0 aromatic heterocycles. The molecule has 4 aliphatic carbocycles. The van der Waals surface area contributed by atoms with Crippen molar-refractivity contribution in [3.05, 3.63) is 52.6 Å². The summed E-state index contributed by atoms with van der Waals surface area (Å²) in [7, 11) is 4.85. The third-order valence-electron chi connectivity index (χ3n) is 10.5. The second-order valence-corrected chi connectivity index (χ2v) is 13.2. The van der Waals surface area contributed by atoms with Crippen LogP contribution >= 0.6 is 0 Å². The predicted octanol–water partition coefficient (Wildman–Crippen LogP) is 2.54. The van der Waals surface area contributed by atoms with E-state index in [1.165, 1.54) is 31.7 Å². The first kappa shape index (κ1) is 30.3. The van der Waals surface area contributed by atoms with E-state index in [0.717, 1.165) is 23.1 Å². The Morgan fingerprint density at radius 3 is 2.43 bits per heavy atom. The predicted molar refractivity (Wildman–Crippen MR) is 162 cm³/mol. The van der Waals surface area contributed by atoms with Gasteiger partial charge in [-0.2, -0.15) is 0 Å². The number of primary amides is 1. The number of carbonyl (C=O) groups excluding carboxylic acids is 3. The maximum atomic E-state index is 14.1. The number of aliphatic hydroxyl groups is 3. The lowest BCUT2D eigenvalue weighted by Gasteiger charge is -2.53. The minimum Gasteiger partial charge on any atom is -0.507 e. The molecule has 2 aromatic rings. The molecule has 10 nitrogen and oxygen atoms in total. The second-order valence-electron chi connectivity index (χ2n) is 13.2. The molecular weight excluding hydrogens is 564 g/mol. The summed E-state index contributed by atoms with van der Waals surface area (Å²) in [5.41, 5.74) is 5.99. The van der Waals surface area contributed by atoms with Crippen molar-refractivity contribution < 1.29 is 39.5 Å². The van der Waals surface area contributed by atoms with Gasteiger partial charge < -0.3 is 35.8 Å². The number of fused-ring (bicyclic) bond motifs is 3. The number of nitrogens with zero attached hydrogens (tertiary/aromatic N) is 1. The number of hydrogen-bond acceptors (Lipinski definition) is 9. The molecule has 0 heterocycles. The van der Waals surface area contributed by atoms with E-state index in [4.69, 9.17) is 10.5 Å². The standard InChI is InChI=1S/C34H40N2O8/c1-36(2)28-22-15-18-14-21-19(20-13-17(8-11-24(20)44-3)12-16-6-4-5-7-16)9-10-23(37)26(21)29(38)25(18)31(40)34(22,43)32(41)27(30(28)39)33(35)42/h8-11,13,16,18,22,27-28,30,37-39,43H,4-7,12,14-15H2,1-3H3,(H2,35,42)/t18-,22-,27?,28-,30?,34-/m1/s1. The molecule has 234 valence electrons. The summed E-state index contributed by atoms with van der Waals surface area (Å²) in [4.78, 5) is 41.5. The number of aromatic hydroxyl groups is 1. The van der Waals surface area contributed by atoms with Gasteiger partial charge in [-0.1, -0.05) is 37.8 Å². The highest BCUT2D eigenvalue weighted by Gasteiger charge is 2.67. The number of phenolic OH excluding ortho intramolecular Hbond substituents is 1. The Labute approximate surface area is 256 Å². The summed E-state index contributed by atoms with van der Waals surface area (Å²) in [5.74, 6) is -6.36. The van der Waals surface area contributed by atoms with Crippen molar-refractivity contribution in [3.8, 4) is 22.6 Å². The van der Waals surface area contributed by atoms with Crippen LogP contribution in [0, 0.1) is 23.7 Å². The quantitative estimate of drug-likeness (QED) is 0.311. The van der Waals surface area contributed by atoms with Crippen LogP contribution in [-0.4, -0.2) is 81.8 Å². The Bertz CT molecular complexity index is 1580. The molecule has 3 saturated carbocycles. The fraction of sp³-hybridized carbons (Fsp3) is 0.500. The van der Waals surface area contributed by atoms with E-state index in [-0.39, 0.29) is 29.7 Å². The summed E-state index contributed by atoms with van der Waals surface area (Å²) in [6, 6.07) is 8.37. The summed E-state index contributed by atoms with van der Waals surface area (Å²) in [5, 5.41) is 45.6. The van der Waals surface area contributed by atoms with Crippen LogP contribution in [0.1, 0.15) is 48.8 Å². The lowest BCUT2D eigenvalue weighted by molar-refractivity contribution is -0.184. The first-order valence-electron chi connectivity index (χ1n) is 15.3. The first-order valence-corrected chi connectivity index (χ1v) is 15.3. The van der Waals surface area contributed by atoms with E-state index in [1.807, 2.05) is 6.07 Å². The zero-order valence-electron chi connectivity index (χ0n) is 25.2. The Balaban J connectivity index is 1.49. The molecule has 44 heavy (non-hydrogen) atoms. The Morgan fingerprint density at radius 1 is 1.09 bits per heavy atom. The summed E-state index contributed by atoms with van der Waals surface area (Å²) in [6.45, 7) is 0. The highest BCUT2D eigenvalue weighted by molar-refractivity contribution is 6.25. The van der Waals surface area contributed by atoms with Crippen LogP contribution in [0.25, 0.3) is 16.9 Å². The number of ether oxygens (including phenoxy) is 1. The van der Waals surface area contributed by atoms with Crippen molar-refractivity contribution in [1.29, 1.82) is 0 Å². The highest BCUT2D eigenvalue weighted by Crippen LogP contribution is 2.53. The smallest absolute Gasteiger partial charge is 0.230 e. The Kier molecular flexibility index (Phi) is 7.58. The van der Waals surface area contributed by atoms with Gasteiger partial charge in [0, 0.05) is 23.1 Å². The van der Waals surface area contributed by atoms with E-state index >= 15 is 0 Å². The number of aliphatic hydroxyl groups excluding tert-OH is 2. The van der Waals surface area contributed by atoms with Gasteiger partial charge in [0.15, 0.2) is 11.4 Å². The van der Waals surface area contributed by atoms with Gasteiger partial charge in [0.1, 0.15) is 23.2 Å². The number of likely N-dealkylation sites (N-methyl/N-ethyl adjacent to an activating group) is 1. The molecule has 3 fully saturated rings. The van der Waals surface area contributed by atoms with Gasteiger partial charge in [-0.25, -0.2) is 0 Å². The minimum atomic E-state index is -2.68. The molecule has 0 saturated heterocycles. The van der Waals surface area contributed by atoms with Crippen LogP contribution in [-0.2, 0) is 27.2 Å². The van der Waals surface area contributed by atoms with Gasteiger partial charge in [-0.05, 0) is 80.1 Å². The summed E-state index contributed by atoms with van der Waals surface area (Å²) >= 11 is 0. The van der Waals surface area contributed by atoms with Crippen molar-refractivity contribution in [2.24, 2.45) is 29.4 Å². The number of rotatable bonds is 6. The zero-order chi connectivity index (χ0) is 31.7. The van der Waals surface area contributed by atoms with Crippen molar-refractivity contribution in [1.82, 2.24) is 4.90 Å². The molecule has 6 atom stereocenters. The number of nitrogens with two attached hydrogens (primary N) is 1. The molecule has 0 radical (unpaired) electrons. The molecule has 0 spiro atoms. The van der Waals surface area contributed by atoms with Crippen LogP contribution in [0.2, 0.25) is 0 Å². The lowest BCUT2D eigenvalue weighted by Crippen LogP contribution is -2.73. The monoisotopic (exact) mass is 604 g/mol. The van der Waals surface area contributed by atoms with Crippen LogP contribution in [0.15, 0.2) is 35.9 Å². The SMILES string of the molecule is COc1ccc(CC2CCCC2)cc1-c1ccc(O)c2c1C[C@@H]1C[C@@H]3[C@@H](N(C)C)C(O)C(C(N)=O)C(=O)[C@]3(O)C(=O)C1=C2O. The molecule has 10 heteroatoms. The molecule has 2 aromatic carbocycles. The zero-order valence-corrected chi connectivity index (χ0v) is 25.2. The van der Waals surface area contributed by atoms with E-state index in [0.29, 0.717) is 17.2 Å². The average Bonchev–Trinajstić information content (AvgIpc) is 3.48. The molecule has 0 aliphatic heterocycles. The van der Waals surface area contributed by atoms with Crippen LogP contribution in [0.5, 0.6) is 11.5 Å². The number of Topliss-reactive ketones (excluding diaryl/α,β-unsaturated/α-hetero) is 2. The summed E-state index contributed by atoms with van der Waals surface area (Å²) < 4.78 is 5.74. The number of methoxy groups -OCH3 is 1. The van der Waals surface area contributed by atoms with Crippen LogP contribution in [0.3, 0.4) is 0 Å². The number of hydrogen-bond donors (Lipinski definition) is 5. The highest BCUT2D eigenvalue weighted by atomic mass is 16.5. The minimum absolute atomic E-state index is 0.0614. The Hall–Kier alpha value is -3.73. The van der Waals surface area contributed by atoms with Gasteiger partial charge in [0.25, 0.3) is 0 Å². The van der Waals surface area contributed by atoms with Crippen LogP contribution in [0.4, 0.5) is 0 Å². The van der Waals surface area contributed by atoms with Crippen molar-refractivity contribution in [2.45, 2.75) is 62.7 Å². The third kappa shape index (κ3) is 4.45. The number of phenols is 1. The fourth-order valence-corrected chi connectivity index (χ4v) is 8.50. The molecule has 6 rings (SSSR count).